The Kier molecular flexibility index (Phi) is 6.70. The second-order valence-electron chi connectivity index (χ2n) is 4.59. The third kappa shape index (κ3) is 4.24. The second-order valence-corrected chi connectivity index (χ2v) is 6.64. The first-order valence-electron chi connectivity index (χ1n) is 7.62. The molecule has 25 heavy (non-hydrogen) atoms. The normalized spacial score (nSPS) is 9.64. The van der Waals surface area contributed by atoms with E-state index in [2.05, 4.69) is 20.8 Å². The maximum Gasteiger partial charge on any atom is 0.196 e. The second kappa shape index (κ2) is 8.97. The Morgan fingerprint density at radius 3 is 2.88 bits per heavy atom. The van der Waals surface area contributed by atoms with Gasteiger partial charge in [-0.1, -0.05) is 31.3 Å². The van der Waals surface area contributed by atoms with Gasteiger partial charge in [0.05, 0.1) is 23.0 Å². The fourth-order valence-corrected chi connectivity index (χ4v) is 3.67. The Labute approximate surface area is 154 Å². The zero-order chi connectivity index (χ0) is 18.2. The zero-order valence-corrected chi connectivity index (χ0v) is 15.7. The van der Waals surface area contributed by atoms with Gasteiger partial charge in [-0.3, -0.25) is 0 Å². The van der Waals surface area contributed by atoms with Gasteiger partial charge in [-0.2, -0.15) is 10.5 Å². The number of nitrogens with one attached hydrogen (secondary N) is 2. The maximum atomic E-state index is 9.18. The number of nitriles is 2. The maximum absolute atomic E-state index is 9.18. The van der Waals surface area contributed by atoms with Gasteiger partial charge in [0.25, 0.3) is 0 Å². The molecule has 3 rings (SSSR count). The van der Waals surface area contributed by atoms with E-state index in [0.29, 0.717) is 10.6 Å². The van der Waals surface area contributed by atoms with Crippen molar-refractivity contribution >= 4 is 39.9 Å². The van der Waals surface area contributed by atoms with Crippen molar-refractivity contribution in [3.05, 3.63) is 35.7 Å². The summed E-state index contributed by atoms with van der Waals surface area (Å²) in [7, 11) is 0. The molecule has 2 heterocycles. The van der Waals surface area contributed by atoms with Crippen molar-refractivity contribution in [2.45, 2.75) is 25.1 Å². The van der Waals surface area contributed by atoms with Crippen LogP contribution in [0.2, 0.25) is 0 Å². The first kappa shape index (κ1) is 18.7. The van der Waals surface area contributed by atoms with Crippen molar-refractivity contribution in [2.75, 3.05) is 11.3 Å². The summed E-state index contributed by atoms with van der Waals surface area (Å²) < 4.78 is 9.22. The molecule has 0 unspecified atom stereocenters. The molecule has 3 aromatic rings. The van der Waals surface area contributed by atoms with Gasteiger partial charge in [-0.05, 0) is 18.6 Å². The molecule has 0 fully saturated rings. The number of nitrogens with zero attached hydrogens (tertiary/aromatic N) is 3. The number of hydrogen-bond donors (Lipinski definition) is 2. The van der Waals surface area contributed by atoms with E-state index in [-0.39, 0.29) is 6.61 Å². The fourth-order valence-electron chi connectivity index (χ4n) is 2.15. The molecule has 8 heteroatoms. The molecular formula is C17H17N5OS2. The van der Waals surface area contributed by atoms with Gasteiger partial charge in [-0.25, -0.2) is 4.98 Å². The van der Waals surface area contributed by atoms with Crippen molar-refractivity contribution in [3.8, 4) is 17.2 Å². The molecule has 1 aromatic carbocycles. The first-order valence-corrected chi connectivity index (χ1v) is 9.25. The van der Waals surface area contributed by atoms with Gasteiger partial charge in [-0.15, -0.1) is 0 Å². The van der Waals surface area contributed by atoms with Crippen LogP contribution in [0, 0.1) is 29.6 Å². The number of benzene rings is 1. The molecule has 0 saturated carbocycles. The van der Waals surface area contributed by atoms with Crippen LogP contribution in [0.5, 0.6) is 5.06 Å². The molecule has 2 aromatic heterocycles. The minimum absolute atomic E-state index is 0.0116. The van der Waals surface area contributed by atoms with Gasteiger partial charge < -0.3 is 14.4 Å². The Balaban J connectivity index is 0.00000109. The zero-order valence-electron chi connectivity index (χ0n) is 14.1. The topological polar surface area (TPSA) is 97.5 Å². The van der Waals surface area contributed by atoms with Crippen molar-refractivity contribution in [1.82, 2.24) is 9.97 Å². The van der Waals surface area contributed by atoms with E-state index in [1.54, 1.807) is 12.4 Å². The summed E-state index contributed by atoms with van der Waals surface area (Å²) in [6.07, 6.45) is 3.31. The third-order valence-corrected chi connectivity index (χ3v) is 4.96. The number of hydrogen-bond acceptors (Lipinski definition) is 7. The Morgan fingerprint density at radius 1 is 1.36 bits per heavy atom. The number of rotatable bonds is 5. The van der Waals surface area contributed by atoms with Crippen LogP contribution >= 0.6 is 23.3 Å². The van der Waals surface area contributed by atoms with Crippen molar-refractivity contribution < 1.29 is 4.74 Å². The summed E-state index contributed by atoms with van der Waals surface area (Å²) >= 11 is 2.72. The molecule has 0 radical (unpaired) electrons. The van der Waals surface area contributed by atoms with Crippen molar-refractivity contribution in [3.63, 3.8) is 0 Å². The lowest BCUT2D eigenvalue weighted by Gasteiger charge is -2.06. The minimum atomic E-state index is 0.0116. The van der Waals surface area contributed by atoms with Gasteiger partial charge in [0.15, 0.2) is 16.0 Å². The van der Waals surface area contributed by atoms with Crippen LogP contribution in [-0.4, -0.2) is 16.6 Å². The van der Waals surface area contributed by atoms with E-state index in [0.717, 1.165) is 26.5 Å². The highest BCUT2D eigenvalue weighted by atomic mass is 32.2. The lowest BCUT2D eigenvalue weighted by Crippen LogP contribution is -1.89. The molecule has 0 atom stereocenters. The highest BCUT2D eigenvalue weighted by Crippen LogP contribution is 2.34. The van der Waals surface area contributed by atoms with E-state index in [4.69, 9.17) is 10.00 Å². The highest BCUT2D eigenvalue weighted by Gasteiger charge is 2.11. The summed E-state index contributed by atoms with van der Waals surface area (Å²) in [6, 6.07) is 8.05. The standard InChI is InChI=1S/C15H11N5OS2.C2H6/c1-9-2-3-11(14-13(9)10(6-17)7-18-14)20-23-15-19-8-12(22-15)21-5-4-16;1-2/h2-3,7-8,18,20H,5H2,1H3;1-2H3. The van der Waals surface area contributed by atoms with Crippen molar-refractivity contribution in [1.29, 1.82) is 10.5 Å². The molecule has 6 nitrogen and oxygen atoms in total. The molecule has 0 spiro atoms. The third-order valence-electron chi connectivity index (χ3n) is 3.15. The summed E-state index contributed by atoms with van der Waals surface area (Å²) in [5.41, 5.74) is 3.46. The largest absolute Gasteiger partial charge is 0.467 e. The van der Waals surface area contributed by atoms with Gasteiger partial charge in [0.1, 0.15) is 12.1 Å². The first-order chi connectivity index (χ1) is 12.2. The predicted molar refractivity (Wildman–Crippen MR) is 102 cm³/mol. The number of aromatic amines is 1. The van der Waals surface area contributed by atoms with E-state index in [1.807, 2.05) is 39.0 Å². The molecular weight excluding hydrogens is 354 g/mol. The van der Waals surface area contributed by atoms with Gasteiger partial charge in [0.2, 0.25) is 0 Å². The average Bonchev–Trinajstić information content (AvgIpc) is 3.28. The summed E-state index contributed by atoms with van der Waals surface area (Å²) in [4.78, 5) is 7.37. The van der Waals surface area contributed by atoms with Crippen LogP contribution in [0.25, 0.3) is 10.9 Å². The van der Waals surface area contributed by atoms with Crippen LogP contribution in [0.15, 0.2) is 28.9 Å². The SMILES string of the molecule is CC.Cc1ccc(NSc2ncc(OCC#N)s2)c2[nH]cc(C#N)c12. The average molecular weight is 371 g/mol. The van der Waals surface area contributed by atoms with E-state index in [9.17, 15) is 5.26 Å². The Morgan fingerprint density at radius 2 is 2.16 bits per heavy atom. The lowest BCUT2D eigenvalue weighted by molar-refractivity contribution is 0.378. The molecule has 0 aliphatic carbocycles. The molecule has 0 bridgehead atoms. The number of thiazole rings is 1. The molecule has 0 aliphatic heterocycles. The van der Waals surface area contributed by atoms with Crippen LogP contribution in [0.4, 0.5) is 5.69 Å². The highest BCUT2D eigenvalue weighted by molar-refractivity contribution is 8.02. The smallest absolute Gasteiger partial charge is 0.196 e. The summed E-state index contributed by atoms with van der Waals surface area (Å²) in [5.74, 6) is 0. The van der Waals surface area contributed by atoms with E-state index < -0.39 is 0 Å². The minimum Gasteiger partial charge on any atom is -0.467 e. The predicted octanol–water partition coefficient (Wildman–Crippen LogP) is 4.85. The molecule has 0 amide bonds. The fraction of sp³-hybridized carbons (Fsp3) is 0.235. The van der Waals surface area contributed by atoms with Crippen molar-refractivity contribution in [2.24, 2.45) is 0 Å². The van der Waals surface area contributed by atoms with Crippen LogP contribution in [0.3, 0.4) is 0 Å². The number of H-pyrrole nitrogens is 1. The molecule has 2 N–H and O–H groups in total. The van der Waals surface area contributed by atoms with Crippen LogP contribution < -0.4 is 9.46 Å². The molecule has 0 saturated heterocycles. The summed E-state index contributed by atoms with van der Waals surface area (Å²) in [5, 5.41) is 19.2. The molecule has 0 aliphatic rings. The Hall–Kier alpha value is -2.68. The van der Waals surface area contributed by atoms with Crippen LogP contribution in [-0.2, 0) is 0 Å². The summed E-state index contributed by atoms with van der Waals surface area (Å²) in [6.45, 7) is 5.99. The number of aryl methyl sites for hydroxylation is 1. The monoisotopic (exact) mass is 371 g/mol. The quantitative estimate of drug-likeness (QED) is 0.622. The lowest BCUT2D eigenvalue weighted by atomic mass is 10.1. The van der Waals surface area contributed by atoms with Gasteiger partial charge in [0, 0.05) is 23.5 Å². The van der Waals surface area contributed by atoms with E-state index >= 15 is 0 Å². The number of fused-ring (bicyclic) bond motifs is 1. The van der Waals surface area contributed by atoms with Crippen LogP contribution in [0.1, 0.15) is 25.0 Å². The van der Waals surface area contributed by atoms with Gasteiger partial charge >= 0.3 is 0 Å². The molecule has 128 valence electrons. The van der Waals surface area contributed by atoms with E-state index in [1.165, 1.54) is 23.3 Å². The number of anilines is 1. The number of ether oxygens (including phenoxy) is 1. The Bertz CT molecular complexity index is 933. The number of aromatic nitrogens is 2.